The Kier molecular flexibility index (Phi) is 3.83. The quantitative estimate of drug-likeness (QED) is 0.797. The van der Waals surface area contributed by atoms with Crippen LogP contribution in [0.15, 0.2) is 6.20 Å². The van der Waals surface area contributed by atoms with Gasteiger partial charge in [-0.3, -0.25) is 0 Å². The largest absolute Gasteiger partial charge is 0.240 e. The summed E-state index contributed by atoms with van der Waals surface area (Å²) in [5.74, 6) is 0.359. The van der Waals surface area contributed by atoms with Crippen molar-refractivity contribution in [1.82, 2.24) is 9.97 Å². The van der Waals surface area contributed by atoms with Crippen LogP contribution in [0.2, 0.25) is 0 Å². The molecule has 1 atom stereocenters. The van der Waals surface area contributed by atoms with Gasteiger partial charge in [0.15, 0.2) is 9.84 Å². The van der Waals surface area contributed by atoms with Gasteiger partial charge in [0.05, 0.1) is 5.69 Å². The fraction of sp³-hybridized carbons (Fsp3) is 0.556. The molecule has 1 rings (SSSR count). The van der Waals surface area contributed by atoms with Crippen LogP contribution in [-0.4, -0.2) is 24.6 Å². The van der Waals surface area contributed by atoms with Crippen LogP contribution in [0, 0.1) is 6.92 Å². The summed E-state index contributed by atoms with van der Waals surface area (Å²) in [5, 5.41) is -0.0546. The minimum atomic E-state index is -3.13. The molecule has 1 unspecified atom stereocenters. The van der Waals surface area contributed by atoms with Gasteiger partial charge in [-0.1, -0.05) is 15.9 Å². The van der Waals surface area contributed by atoms with Crippen molar-refractivity contribution >= 4 is 25.8 Å². The molecule has 0 saturated carbocycles. The summed E-state index contributed by atoms with van der Waals surface area (Å²) in [6.45, 7) is 3.49. The minimum absolute atomic E-state index is 0.359. The van der Waals surface area contributed by atoms with Gasteiger partial charge in [0.2, 0.25) is 0 Å². The second kappa shape index (κ2) is 4.57. The van der Waals surface area contributed by atoms with Crippen LogP contribution in [0.25, 0.3) is 0 Å². The third kappa shape index (κ3) is 2.98. The van der Waals surface area contributed by atoms with Crippen molar-refractivity contribution < 1.29 is 8.42 Å². The van der Waals surface area contributed by atoms with Crippen LogP contribution in [0.4, 0.5) is 0 Å². The molecular formula is C9H13BrN2O2S. The monoisotopic (exact) mass is 292 g/mol. The topological polar surface area (TPSA) is 59.9 Å². The van der Waals surface area contributed by atoms with Gasteiger partial charge in [-0.25, -0.2) is 18.4 Å². The zero-order valence-electron chi connectivity index (χ0n) is 8.86. The number of aromatic nitrogens is 2. The van der Waals surface area contributed by atoms with Crippen LogP contribution in [0.1, 0.15) is 29.3 Å². The lowest BCUT2D eigenvalue weighted by Gasteiger charge is -2.09. The molecular weight excluding hydrogens is 280 g/mol. The molecule has 4 nitrogen and oxygen atoms in total. The second-order valence-corrected chi connectivity index (χ2v) is 6.39. The van der Waals surface area contributed by atoms with E-state index in [1.807, 2.05) is 6.92 Å². The highest BCUT2D eigenvalue weighted by molar-refractivity contribution is 9.08. The molecule has 0 fully saturated rings. The molecule has 15 heavy (non-hydrogen) atoms. The molecule has 0 aliphatic heterocycles. The number of halogens is 1. The van der Waals surface area contributed by atoms with Crippen molar-refractivity contribution in [3.63, 3.8) is 0 Å². The molecule has 6 heteroatoms. The molecule has 84 valence electrons. The number of aryl methyl sites for hydroxylation is 1. The van der Waals surface area contributed by atoms with Crippen LogP contribution >= 0.6 is 15.9 Å². The van der Waals surface area contributed by atoms with Crippen LogP contribution in [0.3, 0.4) is 0 Å². The van der Waals surface area contributed by atoms with Crippen molar-refractivity contribution in [2.45, 2.75) is 24.4 Å². The van der Waals surface area contributed by atoms with E-state index in [9.17, 15) is 8.42 Å². The van der Waals surface area contributed by atoms with Gasteiger partial charge in [-0.2, -0.15) is 0 Å². The molecule has 0 aliphatic carbocycles. The lowest BCUT2D eigenvalue weighted by Crippen LogP contribution is -2.12. The van der Waals surface area contributed by atoms with Crippen molar-refractivity contribution in [3.8, 4) is 0 Å². The Balaban J connectivity index is 3.17. The molecule has 0 saturated heterocycles. The summed E-state index contributed by atoms with van der Waals surface area (Å²) in [6.07, 6.45) is 2.84. The predicted molar refractivity (Wildman–Crippen MR) is 62.7 cm³/mol. The highest BCUT2D eigenvalue weighted by Crippen LogP contribution is 2.18. The van der Waals surface area contributed by atoms with Gasteiger partial charge < -0.3 is 0 Å². The molecule has 0 N–H and O–H groups in total. The maximum atomic E-state index is 11.3. The maximum absolute atomic E-state index is 11.3. The Hall–Kier alpha value is -0.490. The van der Waals surface area contributed by atoms with Gasteiger partial charge in [-0.05, 0) is 19.4 Å². The zero-order valence-corrected chi connectivity index (χ0v) is 11.3. The van der Waals surface area contributed by atoms with E-state index in [4.69, 9.17) is 0 Å². The van der Waals surface area contributed by atoms with Gasteiger partial charge >= 0.3 is 0 Å². The van der Waals surface area contributed by atoms with E-state index in [-0.39, 0.29) is 0 Å². The SMILES string of the molecule is Cc1cnc(C(C)S(C)(=O)=O)nc1CBr. The molecule has 0 aliphatic rings. The third-order valence-electron chi connectivity index (χ3n) is 2.23. The minimum Gasteiger partial charge on any atom is -0.240 e. The summed E-state index contributed by atoms with van der Waals surface area (Å²) in [4.78, 5) is 8.26. The summed E-state index contributed by atoms with van der Waals surface area (Å²) >= 11 is 3.30. The number of hydrogen-bond donors (Lipinski definition) is 0. The molecule has 0 spiro atoms. The van der Waals surface area contributed by atoms with Crippen LogP contribution < -0.4 is 0 Å². The molecule has 1 heterocycles. The van der Waals surface area contributed by atoms with Gasteiger partial charge in [0.25, 0.3) is 0 Å². The maximum Gasteiger partial charge on any atom is 0.157 e. The van der Waals surface area contributed by atoms with E-state index in [1.165, 1.54) is 6.26 Å². The summed E-state index contributed by atoms with van der Waals surface area (Å²) in [6, 6.07) is 0. The fourth-order valence-electron chi connectivity index (χ4n) is 1.02. The van der Waals surface area contributed by atoms with Gasteiger partial charge in [0, 0.05) is 17.8 Å². The first-order chi connectivity index (χ1) is 6.86. The lowest BCUT2D eigenvalue weighted by molar-refractivity contribution is 0.589. The van der Waals surface area contributed by atoms with Crippen LogP contribution in [-0.2, 0) is 15.2 Å². The van der Waals surface area contributed by atoms with E-state index in [2.05, 4.69) is 25.9 Å². The molecule has 1 aromatic rings. The third-order valence-corrected chi connectivity index (χ3v) is 4.25. The first-order valence-corrected chi connectivity index (χ1v) is 7.51. The van der Waals surface area contributed by atoms with E-state index >= 15 is 0 Å². The summed E-state index contributed by atoms with van der Waals surface area (Å²) < 4.78 is 22.6. The highest BCUT2D eigenvalue weighted by Gasteiger charge is 2.20. The first-order valence-electron chi connectivity index (χ1n) is 4.43. The number of alkyl halides is 1. The normalized spacial score (nSPS) is 13.9. The highest BCUT2D eigenvalue weighted by atomic mass is 79.9. The standard InChI is InChI=1S/C9H13BrN2O2S/c1-6-5-11-9(12-8(6)4-10)7(2)15(3,13)14/h5,7H,4H2,1-3H3. The number of hydrogen-bond acceptors (Lipinski definition) is 4. The molecule has 0 radical (unpaired) electrons. The second-order valence-electron chi connectivity index (χ2n) is 3.46. The number of sulfone groups is 1. The van der Waals surface area contributed by atoms with Crippen molar-refractivity contribution in [3.05, 3.63) is 23.3 Å². The van der Waals surface area contributed by atoms with Crippen molar-refractivity contribution in [1.29, 1.82) is 0 Å². The summed E-state index contributed by atoms with van der Waals surface area (Å²) in [5.41, 5.74) is 1.78. The van der Waals surface area contributed by atoms with Crippen molar-refractivity contribution in [2.24, 2.45) is 0 Å². The zero-order chi connectivity index (χ0) is 11.6. The predicted octanol–water partition coefficient (Wildman–Crippen LogP) is 1.79. The van der Waals surface area contributed by atoms with E-state index in [1.54, 1.807) is 13.1 Å². The Morgan fingerprint density at radius 1 is 1.53 bits per heavy atom. The number of rotatable bonds is 3. The first kappa shape index (κ1) is 12.6. The number of nitrogens with zero attached hydrogens (tertiary/aromatic N) is 2. The van der Waals surface area contributed by atoms with Crippen molar-refractivity contribution in [2.75, 3.05) is 6.26 Å². The molecule has 0 bridgehead atoms. The Morgan fingerprint density at radius 3 is 2.60 bits per heavy atom. The summed E-state index contributed by atoms with van der Waals surface area (Å²) in [7, 11) is -3.13. The van der Waals surface area contributed by atoms with E-state index in [0.29, 0.717) is 11.2 Å². The molecule has 1 aromatic heterocycles. The average Bonchev–Trinajstić information content (AvgIpc) is 2.16. The molecule has 0 amide bonds. The average molecular weight is 293 g/mol. The van der Waals surface area contributed by atoms with Gasteiger partial charge in [-0.15, -0.1) is 0 Å². The Bertz CT molecular complexity index is 459. The lowest BCUT2D eigenvalue weighted by atomic mass is 10.3. The van der Waals surface area contributed by atoms with E-state index in [0.717, 1.165) is 11.3 Å². The fourth-order valence-corrected chi connectivity index (χ4v) is 2.08. The van der Waals surface area contributed by atoms with Gasteiger partial charge in [0.1, 0.15) is 11.1 Å². The Morgan fingerprint density at radius 2 is 2.13 bits per heavy atom. The Labute approximate surface area is 98.2 Å². The van der Waals surface area contributed by atoms with Crippen LogP contribution in [0.5, 0.6) is 0 Å². The molecule has 0 aromatic carbocycles. The van der Waals surface area contributed by atoms with E-state index < -0.39 is 15.1 Å². The smallest absolute Gasteiger partial charge is 0.157 e.